The van der Waals surface area contributed by atoms with Crippen molar-refractivity contribution in [2.75, 3.05) is 7.11 Å². The molecule has 0 unspecified atom stereocenters. The Kier molecular flexibility index (Phi) is 5.85. The van der Waals surface area contributed by atoms with Crippen LogP contribution in [0.3, 0.4) is 0 Å². The summed E-state index contributed by atoms with van der Waals surface area (Å²) in [5, 5.41) is 14.6. The fourth-order valence-electron chi connectivity index (χ4n) is 2.21. The highest BCUT2D eigenvalue weighted by atomic mass is 32.2. The smallest absolute Gasteiger partial charge is 0.358 e. The summed E-state index contributed by atoms with van der Waals surface area (Å²) < 4.78 is 34.4. The first kappa shape index (κ1) is 20.4. The molecule has 0 spiro atoms. The second kappa shape index (κ2) is 7.75. The predicted octanol–water partition coefficient (Wildman–Crippen LogP) is 3.66. The highest BCUT2D eigenvalue weighted by Crippen LogP contribution is 2.27. The van der Waals surface area contributed by atoms with Gasteiger partial charge in [-0.3, -0.25) is 14.4 Å². The van der Waals surface area contributed by atoms with E-state index in [1.165, 1.54) is 43.5 Å². The molecule has 0 fully saturated rings. The molecule has 0 radical (unpaired) electrons. The second-order valence-electron chi connectivity index (χ2n) is 6.31. The van der Waals surface area contributed by atoms with Crippen LogP contribution in [0, 0.1) is 10.1 Å². The zero-order valence-electron chi connectivity index (χ0n) is 15.4. The van der Waals surface area contributed by atoms with Crippen molar-refractivity contribution in [1.29, 1.82) is 0 Å². The molecule has 27 heavy (non-hydrogen) atoms. The lowest BCUT2D eigenvalue weighted by Crippen LogP contribution is -2.27. The number of nitro groups is 1. The third-order valence-corrected chi connectivity index (χ3v) is 5.45. The van der Waals surface area contributed by atoms with Crippen molar-refractivity contribution < 1.29 is 22.4 Å². The Morgan fingerprint density at radius 2 is 1.63 bits per heavy atom. The summed E-state index contributed by atoms with van der Waals surface area (Å²) in [6.07, 6.45) is 0. The quantitative estimate of drug-likeness (QED) is 0.404. The van der Waals surface area contributed by atoms with Crippen LogP contribution in [0.2, 0.25) is 0 Å². The molecule has 0 saturated carbocycles. The molecule has 8 nitrogen and oxygen atoms in total. The highest BCUT2D eigenvalue weighted by Gasteiger charge is 2.27. The first-order valence-corrected chi connectivity index (χ1v) is 9.36. The van der Waals surface area contributed by atoms with Crippen molar-refractivity contribution in [1.82, 2.24) is 0 Å². The lowest BCUT2D eigenvalue weighted by Gasteiger charge is -2.24. The minimum absolute atomic E-state index is 0.0255. The lowest BCUT2D eigenvalue weighted by atomic mass is 9.81. The SMILES string of the molecule is COc1ccc(S(=O)(=O)O/N=C(\C)C(C)(C)c2ccc([N+](=O)[O-])cc2)cc1. The molecule has 144 valence electrons. The van der Waals surface area contributed by atoms with E-state index in [2.05, 4.69) is 5.16 Å². The van der Waals surface area contributed by atoms with Gasteiger partial charge in [0.1, 0.15) is 10.6 Å². The Balaban J connectivity index is 2.22. The van der Waals surface area contributed by atoms with Crippen molar-refractivity contribution in [3.63, 3.8) is 0 Å². The van der Waals surface area contributed by atoms with Crippen molar-refractivity contribution in [3.8, 4) is 5.75 Å². The molecule has 0 N–H and O–H groups in total. The fraction of sp³-hybridized carbons (Fsp3) is 0.278. The monoisotopic (exact) mass is 392 g/mol. The van der Waals surface area contributed by atoms with E-state index in [-0.39, 0.29) is 10.6 Å². The molecule has 0 amide bonds. The number of methoxy groups -OCH3 is 1. The van der Waals surface area contributed by atoms with Gasteiger partial charge in [0.05, 0.1) is 17.7 Å². The molecule has 2 aromatic carbocycles. The van der Waals surface area contributed by atoms with Crippen LogP contribution in [0.4, 0.5) is 5.69 Å². The van der Waals surface area contributed by atoms with Gasteiger partial charge < -0.3 is 4.74 Å². The maximum absolute atomic E-state index is 12.3. The number of ether oxygens (including phenoxy) is 1. The van der Waals surface area contributed by atoms with Crippen molar-refractivity contribution in [2.24, 2.45) is 5.16 Å². The third kappa shape index (κ3) is 4.62. The molecule has 2 aromatic rings. The minimum Gasteiger partial charge on any atom is -0.497 e. The molecular weight excluding hydrogens is 372 g/mol. The standard InChI is InChI=1S/C18H20N2O6S/c1-13(18(2,3)14-5-7-15(8-6-14)20(21)22)19-26-27(23,24)17-11-9-16(25-4)10-12-17/h5-12H,1-4H3/b19-13+. The molecule has 2 rings (SSSR count). The maximum atomic E-state index is 12.3. The van der Waals surface area contributed by atoms with E-state index < -0.39 is 20.5 Å². The van der Waals surface area contributed by atoms with E-state index in [1.54, 1.807) is 19.1 Å². The van der Waals surface area contributed by atoms with Crippen LogP contribution < -0.4 is 4.74 Å². The molecule has 0 bridgehead atoms. The predicted molar refractivity (Wildman–Crippen MR) is 100 cm³/mol. The number of non-ortho nitro benzene ring substituents is 1. The average Bonchev–Trinajstić information content (AvgIpc) is 2.66. The van der Waals surface area contributed by atoms with E-state index in [0.29, 0.717) is 11.5 Å². The topological polar surface area (TPSA) is 108 Å². The molecule has 0 aromatic heterocycles. The van der Waals surface area contributed by atoms with Crippen molar-refractivity contribution in [2.45, 2.75) is 31.1 Å². The van der Waals surface area contributed by atoms with Gasteiger partial charge in [0, 0.05) is 17.5 Å². The summed E-state index contributed by atoms with van der Waals surface area (Å²) in [6.45, 7) is 5.26. The van der Waals surface area contributed by atoms with Crippen LogP contribution in [-0.2, 0) is 19.8 Å². The number of nitro benzene ring substituents is 1. The van der Waals surface area contributed by atoms with E-state index in [4.69, 9.17) is 9.02 Å². The molecule has 0 heterocycles. The zero-order valence-corrected chi connectivity index (χ0v) is 16.2. The van der Waals surface area contributed by atoms with Gasteiger partial charge in [-0.05, 0) is 36.8 Å². The summed E-state index contributed by atoms with van der Waals surface area (Å²) in [5.74, 6) is 0.521. The van der Waals surface area contributed by atoms with Gasteiger partial charge in [0.2, 0.25) is 0 Å². The zero-order chi connectivity index (χ0) is 20.2. The maximum Gasteiger partial charge on any atom is 0.358 e. The normalized spacial score (nSPS) is 12.5. The van der Waals surface area contributed by atoms with Gasteiger partial charge in [-0.15, -0.1) is 0 Å². The number of oxime groups is 1. The molecule has 0 atom stereocenters. The number of hydrogen-bond donors (Lipinski definition) is 0. The molecule has 0 aliphatic heterocycles. The molecule has 0 aliphatic carbocycles. The van der Waals surface area contributed by atoms with Crippen molar-refractivity contribution >= 4 is 21.5 Å². The molecule has 9 heteroatoms. The summed E-state index contributed by atoms with van der Waals surface area (Å²) in [4.78, 5) is 10.2. The first-order valence-electron chi connectivity index (χ1n) is 7.95. The Morgan fingerprint density at radius 3 is 2.11 bits per heavy atom. The van der Waals surface area contributed by atoms with E-state index >= 15 is 0 Å². The van der Waals surface area contributed by atoms with Gasteiger partial charge in [-0.2, -0.15) is 8.42 Å². The van der Waals surface area contributed by atoms with Gasteiger partial charge in [-0.25, -0.2) is 0 Å². The summed E-state index contributed by atoms with van der Waals surface area (Å²) >= 11 is 0. The number of rotatable bonds is 7. The van der Waals surface area contributed by atoms with Gasteiger partial charge in [0.15, 0.2) is 0 Å². The lowest BCUT2D eigenvalue weighted by molar-refractivity contribution is -0.384. The van der Waals surface area contributed by atoms with Crippen LogP contribution in [0.5, 0.6) is 5.75 Å². The Morgan fingerprint density at radius 1 is 1.07 bits per heavy atom. The molecule has 0 saturated heterocycles. The van der Waals surface area contributed by atoms with Gasteiger partial charge >= 0.3 is 10.1 Å². The van der Waals surface area contributed by atoms with E-state index in [1.807, 2.05) is 13.8 Å². The summed E-state index contributed by atoms with van der Waals surface area (Å²) in [6, 6.07) is 11.7. The fourth-order valence-corrected chi connectivity index (χ4v) is 2.98. The summed E-state index contributed by atoms with van der Waals surface area (Å²) in [5.41, 5.74) is 0.417. The number of hydrogen-bond acceptors (Lipinski definition) is 7. The first-order chi connectivity index (χ1) is 12.6. The highest BCUT2D eigenvalue weighted by molar-refractivity contribution is 7.86. The summed E-state index contributed by atoms with van der Waals surface area (Å²) in [7, 11) is -2.59. The number of nitrogens with zero attached hydrogens (tertiary/aromatic N) is 2. The Bertz CT molecular complexity index is 948. The Labute approximate surface area is 157 Å². The van der Waals surface area contributed by atoms with Crippen LogP contribution in [0.15, 0.2) is 58.6 Å². The average molecular weight is 392 g/mol. The van der Waals surface area contributed by atoms with Crippen LogP contribution >= 0.6 is 0 Å². The Hall–Kier alpha value is -2.94. The third-order valence-electron chi connectivity index (χ3n) is 4.32. The molecular formula is C18H20N2O6S. The minimum atomic E-state index is -4.07. The van der Waals surface area contributed by atoms with Gasteiger partial charge in [0.25, 0.3) is 5.69 Å². The van der Waals surface area contributed by atoms with E-state index in [9.17, 15) is 18.5 Å². The van der Waals surface area contributed by atoms with Crippen LogP contribution in [0.1, 0.15) is 26.3 Å². The van der Waals surface area contributed by atoms with Crippen molar-refractivity contribution in [3.05, 3.63) is 64.2 Å². The van der Waals surface area contributed by atoms with Crippen LogP contribution in [0.25, 0.3) is 0 Å². The van der Waals surface area contributed by atoms with Gasteiger partial charge in [-0.1, -0.05) is 31.1 Å². The number of benzene rings is 2. The largest absolute Gasteiger partial charge is 0.497 e. The second-order valence-corrected chi connectivity index (χ2v) is 7.84. The van der Waals surface area contributed by atoms with Crippen LogP contribution in [-0.4, -0.2) is 26.2 Å². The van der Waals surface area contributed by atoms with E-state index in [0.717, 1.165) is 5.56 Å². The molecule has 0 aliphatic rings.